The number of rotatable bonds is 13. The van der Waals surface area contributed by atoms with Crippen molar-refractivity contribution in [1.82, 2.24) is 15.2 Å². The predicted octanol–water partition coefficient (Wildman–Crippen LogP) is 8.84. The molecule has 0 saturated heterocycles. The van der Waals surface area contributed by atoms with Crippen LogP contribution >= 0.6 is 23.1 Å². The molecule has 174 valence electrons. The number of aromatic nitrogens is 3. The molecule has 3 aromatic heterocycles. The number of nitrogens with one attached hydrogen (secondary N) is 1. The Bertz CT molecular complexity index is 950. The number of H-pyrrole nitrogens is 1. The Balaban J connectivity index is 1.45. The molecule has 0 aromatic carbocycles. The molecule has 3 rings (SSSR count). The number of nitrogens with zero attached hydrogens (tertiary/aromatic N) is 2. The first-order chi connectivity index (χ1) is 15.5. The van der Waals surface area contributed by atoms with Crippen LogP contribution in [0.25, 0.3) is 22.5 Å². The number of hydrogen-bond acceptors (Lipinski definition) is 4. The van der Waals surface area contributed by atoms with Gasteiger partial charge in [-0.2, -0.15) is 18.3 Å². The lowest BCUT2D eigenvalue weighted by atomic mass is 10.1. The largest absolute Gasteiger partial charge is 0.432 e. The maximum Gasteiger partial charge on any atom is 0.432 e. The van der Waals surface area contributed by atoms with E-state index in [1.165, 1.54) is 62.0 Å². The summed E-state index contributed by atoms with van der Waals surface area (Å²) in [5.41, 5.74) is 1.72. The molecule has 0 radical (unpaired) electrons. The fourth-order valence-corrected chi connectivity index (χ4v) is 5.55. The Morgan fingerprint density at radius 2 is 1.62 bits per heavy atom. The van der Waals surface area contributed by atoms with Crippen LogP contribution in [0.2, 0.25) is 0 Å². The van der Waals surface area contributed by atoms with Gasteiger partial charge in [0.2, 0.25) is 0 Å². The van der Waals surface area contributed by atoms with E-state index in [1.54, 1.807) is 23.6 Å². The molecule has 0 aliphatic heterocycles. The van der Waals surface area contributed by atoms with E-state index in [4.69, 9.17) is 0 Å². The molecule has 0 atom stereocenters. The van der Waals surface area contributed by atoms with Gasteiger partial charge in [0.25, 0.3) is 0 Å². The molecule has 0 fully saturated rings. The molecular weight excluding hydrogens is 451 g/mol. The molecule has 0 bridgehead atoms. The highest BCUT2D eigenvalue weighted by Crippen LogP contribution is 2.34. The summed E-state index contributed by atoms with van der Waals surface area (Å²) >= 11 is 3.58. The second-order valence-electron chi connectivity index (χ2n) is 7.93. The quantitative estimate of drug-likeness (QED) is 0.196. The Hall–Kier alpha value is -1.80. The van der Waals surface area contributed by atoms with E-state index in [1.807, 2.05) is 22.9 Å². The second-order valence-corrected chi connectivity index (χ2v) is 10.2. The normalized spacial score (nSPS) is 11.9. The Morgan fingerprint density at radius 3 is 2.31 bits per heavy atom. The van der Waals surface area contributed by atoms with E-state index in [0.717, 1.165) is 22.9 Å². The third-order valence-corrected chi connectivity index (χ3v) is 7.57. The minimum Gasteiger partial charge on any atom is -0.273 e. The Kier molecular flexibility index (Phi) is 9.66. The number of aromatic amines is 1. The lowest BCUT2D eigenvalue weighted by Crippen LogP contribution is -2.04. The molecule has 0 aliphatic rings. The summed E-state index contributed by atoms with van der Waals surface area (Å²) in [7, 11) is 0. The summed E-state index contributed by atoms with van der Waals surface area (Å²) in [6.07, 6.45) is 9.14. The van der Waals surface area contributed by atoms with E-state index >= 15 is 0 Å². The zero-order valence-electron chi connectivity index (χ0n) is 18.4. The molecule has 0 saturated carbocycles. The van der Waals surface area contributed by atoms with Gasteiger partial charge in [-0.25, -0.2) is 0 Å². The number of thiophene rings is 1. The third kappa shape index (κ3) is 7.66. The van der Waals surface area contributed by atoms with Gasteiger partial charge in [0.15, 0.2) is 0 Å². The molecule has 0 unspecified atom stereocenters. The number of alkyl halides is 3. The van der Waals surface area contributed by atoms with Gasteiger partial charge >= 0.3 is 6.18 Å². The Morgan fingerprint density at radius 1 is 0.906 bits per heavy atom. The molecule has 0 amide bonds. The van der Waals surface area contributed by atoms with E-state index in [-0.39, 0.29) is 5.69 Å². The van der Waals surface area contributed by atoms with E-state index in [2.05, 4.69) is 28.5 Å². The smallest absolute Gasteiger partial charge is 0.273 e. The van der Waals surface area contributed by atoms with Gasteiger partial charge in [0.1, 0.15) is 11.4 Å². The van der Waals surface area contributed by atoms with Crippen LogP contribution in [0.1, 0.15) is 70.4 Å². The summed E-state index contributed by atoms with van der Waals surface area (Å²) in [5.74, 6) is 1.12. The summed E-state index contributed by atoms with van der Waals surface area (Å²) in [6.45, 7) is 2.25. The van der Waals surface area contributed by atoms with Crippen LogP contribution in [0.3, 0.4) is 0 Å². The maximum atomic E-state index is 12.8. The van der Waals surface area contributed by atoms with Gasteiger partial charge in [-0.3, -0.25) is 10.1 Å². The predicted molar refractivity (Wildman–Crippen MR) is 128 cm³/mol. The molecular formula is C24H30F3N3S2. The summed E-state index contributed by atoms with van der Waals surface area (Å²) in [6, 6.07) is 6.80. The third-order valence-electron chi connectivity index (χ3n) is 5.31. The van der Waals surface area contributed by atoms with Gasteiger partial charge in [0, 0.05) is 6.20 Å². The first-order valence-corrected chi connectivity index (χ1v) is 13.1. The lowest BCUT2D eigenvalue weighted by molar-refractivity contribution is -0.141. The first-order valence-electron chi connectivity index (χ1n) is 11.3. The highest BCUT2D eigenvalue weighted by atomic mass is 32.2. The van der Waals surface area contributed by atoms with Gasteiger partial charge in [-0.05, 0) is 52.9 Å². The molecule has 1 N–H and O–H groups in total. The van der Waals surface area contributed by atoms with Crippen molar-refractivity contribution in [2.45, 2.75) is 75.1 Å². The van der Waals surface area contributed by atoms with Gasteiger partial charge in [0.05, 0.1) is 9.90 Å². The molecule has 3 aromatic rings. The van der Waals surface area contributed by atoms with Crippen molar-refractivity contribution in [3.63, 3.8) is 0 Å². The number of thioether (sulfide) groups is 1. The van der Waals surface area contributed by atoms with Crippen LogP contribution in [0, 0.1) is 0 Å². The summed E-state index contributed by atoms with van der Waals surface area (Å²) < 4.78 is 39.7. The van der Waals surface area contributed by atoms with E-state index in [0.29, 0.717) is 5.69 Å². The molecule has 3 heterocycles. The zero-order valence-corrected chi connectivity index (χ0v) is 20.0. The fourth-order valence-electron chi connectivity index (χ4n) is 3.48. The number of unbranched alkanes of at least 4 members (excludes halogenated alkanes) is 8. The van der Waals surface area contributed by atoms with Crippen molar-refractivity contribution in [1.29, 1.82) is 0 Å². The summed E-state index contributed by atoms with van der Waals surface area (Å²) in [5, 5.41) is 7.90. The summed E-state index contributed by atoms with van der Waals surface area (Å²) in [4.78, 5) is 4.19. The number of halogens is 3. The SMILES string of the molecule is CCCCCCCCCCCSc1cc(-c2ccnc(-c3cc(C(F)(F)F)[nH]n3)c2)cs1. The molecule has 32 heavy (non-hydrogen) atoms. The number of hydrogen-bond donors (Lipinski definition) is 1. The van der Waals surface area contributed by atoms with Gasteiger partial charge < -0.3 is 0 Å². The molecule has 0 aliphatic carbocycles. The maximum absolute atomic E-state index is 12.8. The zero-order chi connectivity index (χ0) is 22.8. The molecule has 3 nitrogen and oxygen atoms in total. The monoisotopic (exact) mass is 481 g/mol. The van der Waals surface area contributed by atoms with Crippen LogP contribution in [-0.4, -0.2) is 20.9 Å². The van der Waals surface area contributed by atoms with Crippen LogP contribution in [0.5, 0.6) is 0 Å². The number of pyridine rings is 1. The minimum atomic E-state index is -4.45. The molecule has 8 heteroatoms. The average Bonchev–Trinajstić information content (AvgIpc) is 3.45. The van der Waals surface area contributed by atoms with Crippen molar-refractivity contribution in [2.75, 3.05) is 5.75 Å². The van der Waals surface area contributed by atoms with Gasteiger partial charge in [-0.1, -0.05) is 58.3 Å². The highest BCUT2D eigenvalue weighted by Gasteiger charge is 2.33. The topological polar surface area (TPSA) is 41.6 Å². The lowest BCUT2D eigenvalue weighted by Gasteiger charge is -2.02. The minimum absolute atomic E-state index is 0.189. The van der Waals surface area contributed by atoms with Crippen molar-refractivity contribution in [3.8, 4) is 22.5 Å². The first kappa shape index (κ1) is 24.8. The Labute approximate surface area is 196 Å². The fraction of sp³-hybridized carbons (Fsp3) is 0.500. The van der Waals surface area contributed by atoms with Gasteiger partial charge in [-0.15, -0.1) is 23.1 Å². The van der Waals surface area contributed by atoms with E-state index < -0.39 is 11.9 Å². The van der Waals surface area contributed by atoms with Crippen molar-refractivity contribution in [2.24, 2.45) is 0 Å². The standard InChI is InChI=1S/C24H30F3N3S2/c1-2-3-4-5-6-7-8-9-10-13-31-23-15-19(17-32-23)18-11-12-28-20(14-18)21-16-22(30-29-21)24(25,26)27/h11-12,14-17H,2-10,13H2,1H3,(H,29,30). The van der Waals surface area contributed by atoms with Crippen LogP contribution in [0.4, 0.5) is 13.2 Å². The van der Waals surface area contributed by atoms with E-state index in [9.17, 15) is 13.2 Å². The van der Waals surface area contributed by atoms with Crippen LogP contribution in [-0.2, 0) is 6.18 Å². The average molecular weight is 482 g/mol. The highest BCUT2D eigenvalue weighted by molar-refractivity contribution is 8.01. The van der Waals surface area contributed by atoms with Crippen molar-refractivity contribution in [3.05, 3.63) is 41.5 Å². The van der Waals surface area contributed by atoms with Crippen LogP contribution in [0.15, 0.2) is 40.1 Å². The van der Waals surface area contributed by atoms with Crippen molar-refractivity contribution < 1.29 is 13.2 Å². The van der Waals surface area contributed by atoms with Crippen molar-refractivity contribution >= 4 is 23.1 Å². The molecule has 0 spiro atoms. The van der Waals surface area contributed by atoms with Crippen LogP contribution < -0.4 is 0 Å². The second kappa shape index (κ2) is 12.4.